The Hall–Kier alpha value is -3.65. The first-order chi connectivity index (χ1) is 18.2. The third-order valence-electron chi connectivity index (χ3n) is 8.70. The molecule has 0 amide bonds. The molecule has 0 fully saturated rings. The van der Waals surface area contributed by atoms with E-state index in [2.05, 4.69) is 93.5 Å². The molecular formula is C37H42O2. The molecule has 0 spiro atoms. The molecule has 0 atom stereocenters. The number of hydrogen-bond acceptors (Lipinski definition) is 1. The zero-order chi connectivity index (χ0) is 29.1. The van der Waals surface area contributed by atoms with E-state index in [1.165, 1.54) is 77.9 Å². The molecule has 4 aromatic rings. The van der Waals surface area contributed by atoms with E-state index in [0.29, 0.717) is 5.56 Å². The average molecular weight is 519 g/mol. The molecule has 0 aliphatic heterocycles. The second kappa shape index (κ2) is 10.2. The molecule has 0 heterocycles. The molecule has 202 valence electrons. The van der Waals surface area contributed by atoms with Crippen LogP contribution >= 0.6 is 0 Å². The van der Waals surface area contributed by atoms with E-state index >= 15 is 0 Å². The van der Waals surface area contributed by atoms with Crippen molar-refractivity contribution in [3.8, 4) is 33.4 Å². The molecule has 4 rings (SSSR count). The van der Waals surface area contributed by atoms with Crippen LogP contribution in [0.4, 0.5) is 0 Å². The normalized spacial score (nSPS) is 11.3. The number of carboxylic acids is 1. The van der Waals surface area contributed by atoms with E-state index < -0.39 is 5.97 Å². The average Bonchev–Trinajstić information content (AvgIpc) is 2.81. The van der Waals surface area contributed by atoms with Crippen LogP contribution in [0.1, 0.15) is 77.1 Å². The first kappa shape index (κ1) is 28.4. The van der Waals surface area contributed by atoms with Gasteiger partial charge in [0.25, 0.3) is 0 Å². The molecule has 4 aromatic carbocycles. The van der Waals surface area contributed by atoms with Gasteiger partial charge in [-0.2, -0.15) is 0 Å². The van der Waals surface area contributed by atoms with Gasteiger partial charge in [-0.25, -0.2) is 4.79 Å². The molecule has 39 heavy (non-hydrogen) atoms. The largest absolute Gasteiger partial charge is 0.478 e. The summed E-state index contributed by atoms with van der Waals surface area (Å²) in [5.41, 5.74) is 22.4. The van der Waals surface area contributed by atoms with Crippen molar-refractivity contribution in [1.29, 1.82) is 0 Å². The van der Waals surface area contributed by atoms with Gasteiger partial charge in [-0.3, -0.25) is 0 Å². The van der Waals surface area contributed by atoms with Crippen LogP contribution in [0.5, 0.6) is 0 Å². The predicted octanol–water partition coefficient (Wildman–Crippen LogP) is 10.1. The Kier molecular flexibility index (Phi) is 7.38. The second-order valence-corrected chi connectivity index (χ2v) is 11.7. The lowest BCUT2D eigenvalue weighted by Gasteiger charge is -2.26. The van der Waals surface area contributed by atoms with Crippen molar-refractivity contribution in [2.75, 3.05) is 0 Å². The van der Waals surface area contributed by atoms with Gasteiger partial charge in [-0.05, 0) is 184 Å². The van der Waals surface area contributed by atoms with Crippen molar-refractivity contribution in [2.24, 2.45) is 0 Å². The highest BCUT2D eigenvalue weighted by molar-refractivity contribution is 5.94. The standard InChI is InChI=1S/C37H42O2/c1-18-13-19(2)31(20(3)14-18)33-21(4)15-23(6)35(28(33)11)36-24(7)16-22(5)34(29(36)12)32-25(8)17-30(37(38)39)26(9)27(32)10/h13-17H,1-12H3,(H,38,39). The molecule has 0 aliphatic carbocycles. The highest BCUT2D eigenvalue weighted by Gasteiger charge is 2.24. The summed E-state index contributed by atoms with van der Waals surface area (Å²) in [6.45, 7) is 26.0. The van der Waals surface area contributed by atoms with Gasteiger partial charge in [0.15, 0.2) is 0 Å². The summed E-state index contributed by atoms with van der Waals surface area (Å²) in [5.74, 6) is -0.872. The maximum absolute atomic E-state index is 11.9. The van der Waals surface area contributed by atoms with Crippen molar-refractivity contribution in [3.63, 3.8) is 0 Å². The van der Waals surface area contributed by atoms with Crippen LogP contribution in [0.25, 0.3) is 33.4 Å². The summed E-state index contributed by atoms with van der Waals surface area (Å²) in [7, 11) is 0. The lowest BCUT2D eigenvalue weighted by molar-refractivity contribution is 0.0696. The third-order valence-corrected chi connectivity index (χ3v) is 8.70. The third kappa shape index (κ3) is 4.61. The van der Waals surface area contributed by atoms with Crippen molar-refractivity contribution in [2.45, 2.75) is 83.1 Å². The number of carboxylic acid groups (broad SMARTS) is 1. The summed E-state index contributed by atoms with van der Waals surface area (Å²) < 4.78 is 0. The van der Waals surface area contributed by atoms with Crippen molar-refractivity contribution < 1.29 is 9.90 Å². The monoisotopic (exact) mass is 518 g/mol. The van der Waals surface area contributed by atoms with Crippen LogP contribution in [0, 0.1) is 83.1 Å². The van der Waals surface area contributed by atoms with Crippen LogP contribution in [0.3, 0.4) is 0 Å². The Morgan fingerprint density at radius 3 is 1.10 bits per heavy atom. The van der Waals surface area contributed by atoms with Gasteiger partial charge in [-0.15, -0.1) is 0 Å². The van der Waals surface area contributed by atoms with Crippen LogP contribution in [0.2, 0.25) is 0 Å². The van der Waals surface area contributed by atoms with Crippen LogP contribution < -0.4 is 0 Å². The zero-order valence-corrected chi connectivity index (χ0v) is 25.7. The van der Waals surface area contributed by atoms with E-state index in [1.54, 1.807) is 0 Å². The topological polar surface area (TPSA) is 37.3 Å². The Morgan fingerprint density at radius 1 is 0.410 bits per heavy atom. The fraction of sp³-hybridized carbons (Fsp3) is 0.324. The van der Waals surface area contributed by atoms with Crippen LogP contribution in [-0.4, -0.2) is 11.1 Å². The molecule has 0 aliphatic rings. The quantitative estimate of drug-likeness (QED) is 0.292. The number of carbonyl (C=O) groups is 1. The molecule has 0 aromatic heterocycles. The van der Waals surface area contributed by atoms with Crippen molar-refractivity contribution in [3.05, 3.63) is 103 Å². The molecule has 0 bridgehead atoms. The van der Waals surface area contributed by atoms with E-state index in [-0.39, 0.29) is 0 Å². The van der Waals surface area contributed by atoms with Gasteiger partial charge >= 0.3 is 5.97 Å². The summed E-state index contributed by atoms with van der Waals surface area (Å²) >= 11 is 0. The number of hydrogen-bond donors (Lipinski definition) is 1. The first-order valence-electron chi connectivity index (χ1n) is 13.8. The fourth-order valence-corrected chi connectivity index (χ4v) is 7.17. The molecule has 0 saturated heterocycles. The smallest absolute Gasteiger partial charge is 0.335 e. The number of benzene rings is 4. The lowest BCUT2D eigenvalue weighted by atomic mass is 9.78. The Morgan fingerprint density at radius 2 is 0.718 bits per heavy atom. The van der Waals surface area contributed by atoms with Crippen molar-refractivity contribution >= 4 is 5.97 Å². The molecule has 0 radical (unpaired) electrons. The van der Waals surface area contributed by atoms with Gasteiger partial charge in [0.1, 0.15) is 0 Å². The SMILES string of the molecule is Cc1cc(C)c(-c2c(C)cc(C)c(-c3c(C)cc(C)c(-c4c(C)cc(C(=O)O)c(C)c4C)c3C)c2C)c(C)c1. The number of rotatable bonds is 4. The van der Waals surface area contributed by atoms with E-state index in [4.69, 9.17) is 0 Å². The Balaban J connectivity index is 2.11. The minimum Gasteiger partial charge on any atom is -0.478 e. The van der Waals surface area contributed by atoms with Gasteiger partial charge in [0, 0.05) is 0 Å². The number of aromatic carboxylic acids is 1. The Bertz CT molecular complexity index is 1660. The van der Waals surface area contributed by atoms with Gasteiger partial charge in [0.05, 0.1) is 5.56 Å². The fourth-order valence-electron chi connectivity index (χ4n) is 7.17. The predicted molar refractivity (Wildman–Crippen MR) is 167 cm³/mol. The second-order valence-electron chi connectivity index (χ2n) is 11.7. The summed E-state index contributed by atoms with van der Waals surface area (Å²) in [5, 5.41) is 9.77. The van der Waals surface area contributed by atoms with Crippen molar-refractivity contribution in [1.82, 2.24) is 0 Å². The minimum absolute atomic E-state index is 0.384. The van der Waals surface area contributed by atoms with Gasteiger partial charge in [0.2, 0.25) is 0 Å². The maximum Gasteiger partial charge on any atom is 0.335 e. The molecule has 1 N–H and O–H groups in total. The summed E-state index contributed by atoms with van der Waals surface area (Å²) in [6, 6.07) is 11.1. The van der Waals surface area contributed by atoms with E-state index in [1.807, 2.05) is 19.9 Å². The molecule has 2 heteroatoms. The molecule has 2 nitrogen and oxygen atoms in total. The molecular weight excluding hydrogens is 476 g/mol. The number of aryl methyl sites for hydroxylation is 8. The first-order valence-corrected chi connectivity index (χ1v) is 13.8. The molecule has 0 saturated carbocycles. The van der Waals surface area contributed by atoms with E-state index in [0.717, 1.165) is 22.3 Å². The summed E-state index contributed by atoms with van der Waals surface area (Å²) in [6.07, 6.45) is 0. The van der Waals surface area contributed by atoms with E-state index in [9.17, 15) is 9.90 Å². The minimum atomic E-state index is -0.872. The lowest BCUT2D eigenvalue weighted by Crippen LogP contribution is -2.07. The van der Waals surface area contributed by atoms with Gasteiger partial charge in [-0.1, -0.05) is 29.8 Å². The maximum atomic E-state index is 11.9. The summed E-state index contributed by atoms with van der Waals surface area (Å²) in [4.78, 5) is 11.9. The highest BCUT2D eigenvalue weighted by Crippen LogP contribution is 2.45. The molecule has 0 unspecified atom stereocenters. The zero-order valence-electron chi connectivity index (χ0n) is 25.7. The Labute approximate surface area is 234 Å². The van der Waals surface area contributed by atoms with Gasteiger partial charge < -0.3 is 5.11 Å². The highest BCUT2D eigenvalue weighted by atomic mass is 16.4. The van der Waals surface area contributed by atoms with Crippen LogP contribution in [0.15, 0.2) is 30.3 Å². The van der Waals surface area contributed by atoms with Crippen LogP contribution in [-0.2, 0) is 0 Å².